The zero-order chi connectivity index (χ0) is 13.7. The summed E-state index contributed by atoms with van der Waals surface area (Å²) in [5.41, 5.74) is 0.657. The second-order valence-corrected chi connectivity index (χ2v) is 4.90. The summed E-state index contributed by atoms with van der Waals surface area (Å²) in [7, 11) is 0. The molecule has 1 amide bonds. The fourth-order valence-corrected chi connectivity index (χ4v) is 2.26. The van der Waals surface area contributed by atoms with E-state index in [1.807, 2.05) is 18.2 Å². The van der Waals surface area contributed by atoms with Crippen molar-refractivity contribution in [1.82, 2.24) is 4.90 Å². The van der Waals surface area contributed by atoms with Crippen LogP contribution in [0.5, 0.6) is 0 Å². The molecule has 0 spiro atoms. The van der Waals surface area contributed by atoms with Crippen LogP contribution in [0.3, 0.4) is 0 Å². The van der Waals surface area contributed by atoms with Crippen molar-refractivity contribution in [2.45, 2.75) is 31.8 Å². The highest BCUT2D eigenvalue weighted by atomic mass is 16.3. The maximum absolute atomic E-state index is 11.9. The molecule has 102 valence electrons. The number of aliphatic hydroxyl groups excluding tert-OH is 1. The third-order valence-electron chi connectivity index (χ3n) is 3.48. The Morgan fingerprint density at radius 2 is 1.74 bits per heavy atom. The number of ketones is 1. The number of piperidine rings is 1. The number of hydrogen-bond acceptors (Lipinski definition) is 3. The smallest absolute Gasteiger partial charge is 0.223 e. The van der Waals surface area contributed by atoms with E-state index >= 15 is 0 Å². The first kappa shape index (κ1) is 13.7. The zero-order valence-corrected chi connectivity index (χ0v) is 10.9. The summed E-state index contributed by atoms with van der Waals surface area (Å²) >= 11 is 0. The molecule has 1 saturated heterocycles. The predicted octanol–water partition coefficient (Wildman–Crippen LogP) is 1.63. The lowest BCUT2D eigenvalue weighted by atomic mass is 10.0. The van der Waals surface area contributed by atoms with Crippen LogP contribution in [-0.4, -0.2) is 40.9 Å². The van der Waals surface area contributed by atoms with Gasteiger partial charge in [-0.3, -0.25) is 9.59 Å². The minimum absolute atomic E-state index is 0.00555. The molecule has 1 aliphatic heterocycles. The van der Waals surface area contributed by atoms with E-state index < -0.39 is 0 Å². The van der Waals surface area contributed by atoms with E-state index in [0.29, 0.717) is 31.5 Å². The molecule has 0 saturated carbocycles. The van der Waals surface area contributed by atoms with Gasteiger partial charge in [-0.15, -0.1) is 0 Å². The molecule has 2 rings (SSSR count). The highest BCUT2D eigenvalue weighted by Gasteiger charge is 2.21. The second-order valence-electron chi connectivity index (χ2n) is 4.90. The van der Waals surface area contributed by atoms with Gasteiger partial charge in [0.15, 0.2) is 5.78 Å². The number of carbonyl (C=O) groups is 2. The van der Waals surface area contributed by atoms with Gasteiger partial charge in [0, 0.05) is 31.5 Å². The van der Waals surface area contributed by atoms with E-state index in [1.54, 1.807) is 17.0 Å². The Hall–Kier alpha value is -1.68. The van der Waals surface area contributed by atoms with Gasteiger partial charge in [0.2, 0.25) is 5.91 Å². The van der Waals surface area contributed by atoms with E-state index in [4.69, 9.17) is 0 Å². The van der Waals surface area contributed by atoms with Gasteiger partial charge in [0.25, 0.3) is 0 Å². The first-order chi connectivity index (χ1) is 9.16. The van der Waals surface area contributed by atoms with Gasteiger partial charge in [-0.05, 0) is 12.8 Å². The topological polar surface area (TPSA) is 57.6 Å². The van der Waals surface area contributed by atoms with Gasteiger partial charge >= 0.3 is 0 Å². The maximum Gasteiger partial charge on any atom is 0.223 e. The van der Waals surface area contributed by atoms with Crippen molar-refractivity contribution in [2.75, 3.05) is 13.1 Å². The Bertz CT molecular complexity index is 436. The van der Waals surface area contributed by atoms with Crippen LogP contribution in [0.15, 0.2) is 30.3 Å². The van der Waals surface area contributed by atoms with Gasteiger partial charge < -0.3 is 10.0 Å². The Kier molecular flexibility index (Phi) is 4.68. The van der Waals surface area contributed by atoms with Gasteiger partial charge in [-0.2, -0.15) is 0 Å². The second kappa shape index (κ2) is 6.48. The van der Waals surface area contributed by atoms with E-state index in [-0.39, 0.29) is 30.6 Å². The summed E-state index contributed by atoms with van der Waals surface area (Å²) < 4.78 is 0. The number of nitrogens with zero attached hydrogens (tertiary/aromatic N) is 1. The molecular weight excluding hydrogens is 242 g/mol. The normalized spacial score (nSPS) is 16.4. The number of amides is 1. The average Bonchev–Trinajstić information content (AvgIpc) is 2.46. The molecule has 0 bridgehead atoms. The van der Waals surface area contributed by atoms with Crippen molar-refractivity contribution in [3.63, 3.8) is 0 Å². The molecule has 0 aliphatic carbocycles. The minimum Gasteiger partial charge on any atom is -0.393 e. The van der Waals surface area contributed by atoms with Gasteiger partial charge in [-0.25, -0.2) is 0 Å². The molecule has 0 aromatic heterocycles. The molecule has 0 radical (unpaired) electrons. The molecule has 4 heteroatoms. The molecule has 1 aliphatic rings. The summed E-state index contributed by atoms with van der Waals surface area (Å²) in [6.45, 7) is 1.19. The van der Waals surface area contributed by atoms with Crippen LogP contribution < -0.4 is 0 Å². The first-order valence-corrected chi connectivity index (χ1v) is 6.71. The van der Waals surface area contributed by atoms with E-state index in [2.05, 4.69) is 0 Å². The summed E-state index contributed by atoms with van der Waals surface area (Å²) in [5.74, 6) is 0.0159. The van der Waals surface area contributed by atoms with Crippen LogP contribution in [-0.2, 0) is 4.79 Å². The largest absolute Gasteiger partial charge is 0.393 e. The Morgan fingerprint density at radius 1 is 1.11 bits per heavy atom. The minimum atomic E-state index is -0.282. The molecule has 19 heavy (non-hydrogen) atoms. The van der Waals surface area contributed by atoms with Crippen molar-refractivity contribution in [3.8, 4) is 0 Å². The molecule has 1 fully saturated rings. The van der Waals surface area contributed by atoms with Crippen molar-refractivity contribution >= 4 is 11.7 Å². The fourth-order valence-electron chi connectivity index (χ4n) is 2.26. The zero-order valence-electron chi connectivity index (χ0n) is 10.9. The standard InChI is InChI=1S/C15H19NO3/c17-13-8-10-16(11-9-13)15(19)7-6-14(18)12-4-2-1-3-5-12/h1-5,13,17H,6-11H2. The summed E-state index contributed by atoms with van der Waals surface area (Å²) in [6, 6.07) is 9.04. The molecule has 1 heterocycles. The number of hydrogen-bond donors (Lipinski definition) is 1. The van der Waals surface area contributed by atoms with Crippen LogP contribution >= 0.6 is 0 Å². The van der Waals surface area contributed by atoms with Gasteiger partial charge in [-0.1, -0.05) is 30.3 Å². The SMILES string of the molecule is O=C(CCC(=O)N1CCC(O)CC1)c1ccccc1. The Morgan fingerprint density at radius 3 is 2.37 bits per heavy atom. The van der Waals surface area contributed by atoms with Crippen molar-refractivity contribution in [2.24, 2.45) is 0 Å². The molecule has 0 atom stereocenters. The number of carbonyl (C=O) groups excluding carboxylic acids is 2. The van der Waals surface area contributed by atoms with Crippen molar-refractivity contribution in [1.29, 1.82) is 0 Å². The summed E-state index contributed by atoms with van der Waals surface area (Å²) in [4.78, 5) is 25.5. The summed E-state index contributed by atoms with van der Waals surface area (Å²) in [6.07, 6.45) is 1.50. The van der Waals surface area contributed by atoms with Crippen LogP contribution in [0.25, 0.3) is 0 Å². The molecule has 4 nitrogen and oxygen atoms in total. The van der Waals surface area contributed by atoms with Gasteiger partial charge in [0.1, 0.15) is 0 Å². The molecule has 1 N–H and O–H groups in total. The third-order valence-corrected chi connectivity index (χ3v) is 3.48. The maximum atomic E-state index is 11.9. The first-order valence-electron chi connectivity index (χ1n) is 6.71. The lowest BCUT2D eigenvalue weighted by Crippen LogP contribution is -2.40. The van der Waals surface area contributed by atoms with Crippen LogP contribution in [0, 0.1) is 0 Å². The Balaban J connectivity index is 1.79. The van der Waals surface area contributed by atoms with E-state index in [0.717, 1.165) is 0 Å². The van der Waals surface area contributed by atoms with Crippen molar-refractivity contribution < 1.29 is 14.7 Å². The van der Waals surface area contributed by atoms with Gasteiger partial charge in [0.05, 0.1) is 6.10 Å². The van der Waals surface area contributed by atoms with E-state index in [9.17, 15) is 14.7 Å². The molecule has 0 unspecified atom stereocenters. The van der Waals surface area contributed by atoms with Crippen molar-refractivity contribution in [3.05, 3.63) is 35.9 Å². The molecule has 1 aromatic rings. The Labute approximate surface area is 113 Å². The molecule has 1 aromatic carbocycles. The number of aliphatic hydroxyl groups is 1. The average molecular weight is 261 g/mol. The number of likely N-dealkylation sites (tertiary alicyclic amines) is 1. The van der Waals surface area contributed by atoms with Crippen LogP contribution in [0.1, 0.15) is 36.0 Å². The lowest BCUT2D eigenvalue weighted by Gasteiger charge is -2.29. The fraction of sp³-hybridized carbons (Fsp3) is 0.467. The van der Waals surface area contributed by atoms with Crippen LogP contribution in [0.2, 0.25) is 0 Å². The number of rotatable bonds is 4. The summed E-state index contributed by atoms with van der Waals surface area (Å²) in [5, 5.41) is 9.38. The monoisotopic (exact) mass is 261 g/mol. The lowest BCUT2D eigenvalue weighted by molar-refractivity contribution is -0.133. The third kappa shape index (κ3) is 3.89. The van der Waals surface area contributed by atoms with Crippen LogP contribution in [0.4, 0.5) is 0 Å². The highest BCUT2D eigenvalue weighted by Crippen LogP contribution is 2.13. The number of benzene rings is 1. The van der Waals surface area contributed by atoms with E-state index in [1.165, 1.54) is 0 Å². The number of Topliss-reactive ketones (excluding diaryl/α,β-unsaturated/α-hetero) is 1. The predicted molar refractivity (Wildman–Crippen MR) is 71.8 cm³/mol. The quantitative estimate of drug-likeness (QED) is 0.838. The highest BCUT2D eigenvalue weighted by molar-refractivity contribution is 5.97. The molecular formula is C15H19NO3.